The monoisotopic (exact) mass is 589 g/mol. The molecule has 1 aliphatic heterocycles. The Morgan fingerprint density at radius 3 is 2.43 bits per heavy atom. The average Bonchev–Trinajstić information content (AvgIpc) is 3.57. The minimum atomic E-state index is -4.78. The molecule has 0 N–H and O–H groups in total. The second-order valence-electron chi connectivity index (χ2n) is 10.7. The van der Waals surface area contributed by atoms with Gasteiger partial charge >= 0.3 is 6.18 Å². The molecule has 1 saturated heterocycles. The van der Waals surface area contributed by atoms with Crippen molar-refractivity contribution in [3.05, 3.63) is 82.4 Å². The van der Waals surface area contributed by atoms with E-state index < -0.39 is 40.8 Å². The lowest BCUT2D eigenvalue weighted by Crippen LogP contribution is -2.56. The van der Waals surface area contributed by atoms with Crippen LogP contribution in [0.3, 0.4) is 0 Å². The molecule has 220 valence electrons. The Hall–Kier alpha value is -4.13. The predicted octanol–water partition coefficient (Wildman–Crippen LogP) is 5.64. The number of nitrogens with zero attached hydrogens (tertiary/aromatic N) is 5. The zero-order valence-corrected chi connectivity index (χ0v) is 22.6. The molecule has 42 heavy (non-hydrogen) atoms. The molecule has 0 bridgehead atoms. The van der Waals surface area contributed by atoms with Crippen LogP contribution in [0.4, 0.5) is 26.3 Å². The summed E-state index contributed by atoms with van der Waals surface area (Å²) in [5, 5.41) is 3.93. The van der Waals surface area contributed by atoms with E-state index in [2.05, 4.69) is 10.1 Å². The van der Waals surface area contributed by atoms with Crippen molar-refractivity contribution in [1.82, 2.24) is 24.4 Å². The van der Waals surface area contributed by atoms with Crippen LogP contribution in [0.25, 0.3) is 16.9 Å². The van der Waals surface area contributed by atoms with E-state index in [1.807, 2.05) is 4.90 Å². The van der Waals surface area contributed by atoms with E-state index in [0.29, 0.717) is 41.3 Å². The van der Waals surface area contributed by atoms with Crippen LogP contribution in [0.15, 0.2) is 42.6 Å². The second kappa shape index (κ2) is 10.0. The predicted molar refractivity (Wildman–Crippen MR) is 139 cm³/mol. The first-order chi connectivity index (χ1) is 19.9. The lowest BCUT2D eigenvalue weighted by atomic mass is 10.0. The van der Waals surface area contributed by atoms with Crippen LogP contribution in [-0.2, 0) is 12.7 Å². The van der Waals surface area contributed by atoms with E-state index in [0.717, 1.165) is 12.3 Å². The van der Waals surface area contributed by atoms with E-state index >= 15 is 0 Å². The van der Waals surface area contributed by atoms with E-state index in [4.69, 9.17) is 4.74 Å². The largest absolute Gasteiger partial charge is 0.497 e. The molecule has 2 aromatic heterocycles. The van der Waals surface area contributed by atoms with Gasteiger partial charge in [-0.15, -0.1) is 0 Å². The first kappa shape index (κ1) is 28.0. The Kier molecular flexibility index (Phi) is 6.67. The zero-order chi connectivity index (χ0) is 30.0. The van der Waals surface area contributed by atoms with Gasteiger partial charge in [0.1, 0.15) is 17.1 Å². The van der Waals surface area contributed by atoms with Crippen LogP contribution in [-0.4, -0.2) is 62.6 Å². The lowest BCUT2D eigenvalue weighted by molar-refractivity contribution is -0.143. The first-order valence-electron chi connectivity index (χ1n) is 13.2. The number of hydrogen-bond donors (Lipinski definition) is 0. The van der Waals surface area contributed by atoms with Gasteiger partial charge in [0.05, 0.1) is 24.5 Å². The number of hydrogen-bond acceptors (Lipinski definition) is 5. The maximum absolute atomic E-state index is 14.3. The van der Waals surface area contributed by atoms with Crippen molar-refractivity contribution in [3.63, 3.8) is 0 Å². The van der Waals surface area contributed by atoms with Gasteiger partial charge in [0.25, 0.3) is 5.91 Å². The summed E-state index contributed by atoms with van der Waals surface area (Å²) in [6, 6.07) is 7.82. The summed E-state index contributed by atoms with van der Waals surface area (Å²) in [7, 11) is 1.47. The molecule has 1 spiro atoms. The van der Waals surface area contributed by atoms with E-state index in [9.17, 15) is 31.1 Å². The quantitative estimate of drug-likeness (QED) is 0.223. The maximum atomic E-state index is 14.3. The number of amides is 1. The fourth-order valence-corrected chi connectivity index (χ4v) is 5.78. The Morgan fingerprint density at radius 2 is 1.79 bits per heavy atom. The number of rotatable bonds is 5. The van der Waals surface area contributed by atoms with Crippen LogP contribution in [0, 0.1) is 24.4 Å². The molecule has 0 atom stereocenters. The van der Waals surface area contributed by atoms with Gasteiger partial charge in [-0.2, -0.15) is 18.3 Å². The molecule has 6 rings (SSSR count). The van der Waals surface area contributed by atoms with Crippen LogP contribution in [0.1, 0.15) is 40.0 Å². The van der Waals surface area contributed by atoms with Crippen LogP contribution >= 0.6 is 0 Å². The highest BCUT2D eigenvalue weighted by atomic mass is 19.4. The Balaban J connectivity index is 1.34. The highest BCUT2D eigenvalue weighted by molar-refractivity contribution is 6.00. The van der Waals surface area contributed by atoms with Crippen molar-refractivity contribution < 1.29 is 35.9 Å². The third-order valence-electron chi connectivity index (χ3n) is 8.01. The van der Waals surface area contributed by atoms with Crippen molar-refractivity contribution in [2.45, 2.75) is 38.0 Å². The Labute approximate surface area is 236 Å². The Morgan fingerprint density at radius 1 is 1.07 bits per heavy atom. The van der Waals surface area contributed by atoms with Gasteiger partial charge in [0.15, 0.2) is 23.0 Å². The number of ether oxygens (including phenoxy) is 1. The smallest absolute Gasteiger partial charge is 0.433 e. The number of benzene rings is 2. The number of alkyl halides is 3. The molecule has 2 aromatic carbocycles. The molecule has 7 nitrogen and oxygen atoms in total. The standard InChI is InChI=1S/C29H25F6N5O2/c1-16-24(17-3-5-20(42-2)6-4-17)37-26-21(13-36-40(26)25(16)29(33,34)35)27(41)39-10-9-38(15-28(39)7-8-28)14-18-11-19(30)12-22(31)23(18)32/h3-6,11-13H,7-10,14-15H2,1-2H3. The third-order valence-corrected chi connectivity index (χ3v) is 8.01. The highest BCUT2D eigenvalue weighted by Gasteiger charge is 2.53. The molecule has 0 radical (unpaired) electrons. The van der Waals surface area contributed by atoms with Crippen LogP contribution in [0.2, 0.25) is 0 Å². The molecule has 1 saturated carbocycles. The van der Waals surface area contributed by atoms with E-state index in [1.54, 1.807) is 29.2 Å². The van der Waals surface area contributed by atoms with Gasteiger partial charge in [-0.1, -0.05) is 0 Å². The first-order valence-corrected chi connectivity index (χ1v) is 13.2. The molecule has 3 heterocycles. The SMILES string of the molecule is COc1ccc(-c2nc3c(C(=O)N4CCN(Cc5cc(F)cc(F)c5F)CC45CC5)cnn3c(C(F)(F)F)c2C)cc1. The normalized spacial score (nSPS) is 16.8. The number of methoxy groups -OCH3 is 1. The zero-order valence-electron chi connectivity index (χ0n) is 22.6. The summed E-state index contributed by atoms with van der Waals surface area (Å²) in [4.78, 5) is 21.8. The van der Waals surface area contributed by atoms with Crippen molar-refractivity contribution in [3.8, 4) is 17.0 Å². The van der Waals surface area contributed by atoms with Crippen LogP contribution < -0.4 is 4.74 Å². The number of halogens is 6. The molecule has 2 aliphatic rings. The molecule has 0 unspecified atom stereocenters. The van der Waals surface area contributed by atoms with Crippen molar-refractivity contribution in [2.24, 2.45) is 0 Å². The molecule has 4 aromatic rings. The second-order valence-corrected chi connectivity index (χ2v) is 10.7. The summed E-state index contributed by atoms with van der Waals surface area (Å²) in [6.07, 6.45) is -2.45. The summed E-state index contributed by atoms with van der Waals surface area (Å²) in [6.45, 7) is 2.01. The minimum Gasteiger partial charge on any atom is -0.497 e. The molecule has 13 heteroatoms. The van der Waals surface area contributed by atoms with Crippen molar-refractivity contribution >= 4 is 11.6 Å². The maximum Gasteiger partial charge on any atom is 0.433 e. The highest BCUT2D eigenvalue weighted by Crippen LogP contribution is 2.46. The average molecular weight is 590 g/mol. The van der Waals surface area contributed by atoms with Crippen molar-refractivity contribution in [1.29, 1.82) is 0 Å². The molecular formula is C29H25F6N5O2. The summed E-state index contributed by atoms with van der Waals surface area (Å²) >= 11 is 0. The molecular weight excluding hydrogens is 564 g/mol. The number of carbonyl (C=O) groups excluding carboxylic acids is 1. The molecule has 1 amide bonds. The fourth-order valence-electron chi connectivity index (χ4n) is 5.78. The van der Waals surface area contributed by atoms with Gasteiger partial charge in [-0.25, -0.2) is 22.7 Å². The van der Waals surface area contributed by atoms with Crippen LogP contribution in [0.5, 0.6) is 5.75 Å². The summed E-state index contributed by atoms with van der Waals surface area (Å²) in [5.74, 6) is -3.28. The summed E-state index contributed by atoms with van der Waals surface area (Å²) < 4.78 is 90.5. The Bertz CT molecular complexity index is 1700. The number of fused-ring (bicyclic) bond motifs is 1. The van der Waals surface area contributed by atoms with Gasteiger partial charge in [-0.3, -0.25) is 9.69 Å². The third kappa shape index (κ3) is 4.75. The molecule has 1 aliphatic carbocycles. The number of aromatic nitrogens is 3. The van der Waals surface area contributed by atoms with E-state index in [-0.39, 0.29) is 47.7 Å². The minimum absolute atomic E-state index is 0.0536. The van der Waals surface area contributed by atoms with Gasteiger partial charge < -0.3 is 9.64 Å². The topological polar surface area (TPSA) is 63.0 Å². The lowest BCUT2D eigenvalue weighted by Gasteiger charge is -2.42. The van der Waals surface area contributed by atoms with Gasteiger partial charge in [0.2, 0.25) is 0 Å². The van der Waals surface area contributed by atoms with Gasteiger partial charge in [0, 0.05) is 48.9 Å². The van der Waals surface area contributed by atoms with Gasteiger partial charge in [-0.05, 0) is 50.1 Å². The number of piperazine rings is 1. The van der Waals surface area contributed by atoms with E-state index in [1.165, 1.54) is 14.0 Å². The van der Waals surface area contributed by atoms with Crippen molar-refractivity contribution in [2.75, 3.05) is 26.7 Å². The number of carbonyl (C=O) groups is 1. The summed E-state index contributed by atoms with van der Waals surface area (Å²) in [5.41, 5.74) is -1.77. The fraction of sp³-hybridized carbons (Fsp3) is 0.345. The molecule has 2 fully saturated rings.